The van der Waals surface area contributed by atoms with Gasteiger partial charge < -0.3 is 10.5 Å². The molecule has 4 heteroatoms. The van der Waals surface area contributed by atoms with Gasteiger partial charge in [-0.1, -0.05) is 15.9 Å². The second kappa shape index (κ2) is 6.17. The van der Waals surface area contributed by atoms with Crippen molar-refractivity contribution in [2.24, 2.45) is 5.73 Å². The van der Waals surface area contributed by atoms with Gasteiger partial charge >= 0.3 is 0 Å². The Morgan fingerprint density at radius 2 is 2.11 bits per heavy atom. The molecule has 0 saturated carbocycles. The van der Waals surface area contributed by atoms with E-state index in [1.54, 1.807) is 0 Å². The second-order valence-electron chi connectivity index (χ2n) is 4.63. The third kappa shape index (κ3) is 3.78. The zero-order valence-electron chi connectivity index (χ0n) is 11.1. The number of benzene rings is 1. The molecule has 1 heterocycles. The van der Waals surface area contributed by atoms with Gasteiger partial charge in [-0.05, 0) is 43.7 Å². The lowest BCUT2D eigenvalue weighted by molar-refractivity contribution is 0.301. The first-order valence-corrected chi connectivity index (χ1v) is 6.94. The minimum Gasteiger partial charge on any atom is -0.489 e. The van der Waals surface area contributed by atoms with Crippen LogP contribution in [-0.4, -0.2) is 4.98 Å². The number of hydrogen-bond acceptors (Lipinski definition) is 3. The molecule has 0 saturated heterocycles. The summed E-state index contributed by atoms with van der Waals surface area (Å²) < 4.78 is 6.86. The lowest BCUT2D eigenvalue weighted by Crippen LogP contribution is -2.08. The topological polar surface area (TPSA) is 48.1 Å². The van der Waals surface area contributed by atoms with Gasteiger partial charge in [-0.15, -0.1) is 0 Å². The Morgan fingerprint density at radius 3 is 2.79 bits per heavy atom. The molecule has 1 aromatic heterocycles. The van der Waals surface area contributed by atoms with Crippen LogP contribution in [0.3, 0.4) is 0 Å². The van der Waals surface area contributed by atoms with Crippen LogP contribution in [-0.2, 0) is 6.61 Å². The summed E-state index contributed by atoms with van der Waals surface area (Å²) in [4.78, 5) is 4.16. The third-order valence-corrected chi connectivity index (χ3v) is 3.28. The van der Waals surface area contributed by atoms with Gasteiger partial charge in [0.15, 0.2) is 0 Å². The standard InChI is InChI=1S/C15H17BrN2O/c1-10-5-12(8-18-7-10)9-19-15-4-3-13(16)6-14(15)11(2)17/h3-8,11H,9,17H2,1-2H3/t11-/m1/s1. The summed E-state index contributed by atoms with van der Waals surface area (Å²) in [7, 11) is 0. The van der Waals surface area contributed by atoms with Crippen molar-refractivity contribution < 1.29 is 4.74 Å². The molecule has 0 amide bonds. The van der Waals surface area contributed by atoms with E-state index >= 15 is 0 Å². The highest BCUT2D eigenvalue weighted by Crippen LogP contribution is 2.28. The van der Waals surface area contributed by atoms with Crippen LogP contribution in [0.2, 0.25) is 0 Å². The highest BCUT2D eigenvalue weighted by atomic mass is 79.9. The minimum absolute atomic E-state index is 0.0665. The number of nitrogens with zero attached hydrogens (tertiary/aromatic N) is 1. The number of pyridine rings is 1. The molecule has 0 spiro atoms. The maximum Gasteiger partial charge on any atom is 0.124 e. The molecule has 100 valence electrons. The fourth-order valence-electron chi connectivity index (χ4n) is 1.86. The lowest BCUT2D eigenvalue weighted by Gasteiger charge is -2.14. The van der Waals surface area contributed by atoms with Crippen LogP contribution in [0.25, 0.3) is 0 Å². The average molecular weight is 321 g/mol. The molecule has 0 radical (unpaired) electrons. The van der Waals surface area contributed by atoms with E-state index in [9.17, 15) is 0 Å². The summed E-state index contributed by atoms with van der Waals surface area (Å²) >= 11 is 3.45. The molecule has 0 bridgehead atoms. The van der Waals surface area contributed by atoms with Gasteiger partial charge in [-0.3, -0.25) is 4.98 Å². The summed E-state index contributed by atoms with van der Waals surface area (Å²) in [6, 6.07) is 7.89. The first kappa shape index (κ1) is 14.0. The van der Waals surface area contributed by atoms with Gasteiger partial charge in [0.2, 0.25) is 0 Å². The van der Waals surface area contributed by atoms with E-state index in [2.05, 4.69) is 27.0 Å². The molecule has 0 aliphatic rings. The Balaban J connectivity index is 2.15. The molecule has 3 nitrogen and oxygen atoms in total. The fourth-order valence-corrected chi connectivity index (χ4v) is 2.24. The maximum atomic E-state index is 5.96. The SMILES string of the molecule is Cc1cncc(COc2ccc(Br)cc2[C@@H](C)N)c1. The number of nitrogens with two attached hydrogens (primary N) is 1. The molecule has 0 aliphatic carbocycles. The average Bonchev–Trinajstić information content (AvgIpc) is 2.37. The van der Waals surface area contributed by atoms with Gasteiger partial charge in [0.25, 0.3) is 0 Å². The Bertz CT molecular complexity index is 570. The van der Waals surface area contributed by atoms with Crippen molar-refractivity contribution in [3.63, 3.8) is 0 Å². The van der Waals surface area contributed by atoms with Crippen molar-refractivity contribution in [1.29, 1.82) is 0 Å². The van der Waals surface area contributed by atoms with Crippen molar-refractivity contribution in [3.8, 4) is 5.75 Å². The van der Waals surface area contributed by atoms with Crippen LogP contribution in [0, 0.1) is 6.92 Å². The second-order valence-corrected chi connectivity index (χ2v) is 5.55. The molecule has 2 N–H and O–H groups in total. The van der Waals surface area contributed by atoms with Crippen molar-refractivity contribution in [3.05, 3.63) is 57.8 Å². The van der Waals surface area contributed by atoms with Crippen LogP contribution in [0.5, 0.6) is 5.75 Å². The molecule has 2 aromatic rings. The van der Waals surface area contributed by atoms with Crippen LogP contribution < -0.4 is 10.5 Å². The van der Waals surface area contributed by atoms with Crippen LogP contribution in [0.1, 0.15) is 29.7 Å². The predicted molar refractivity (Wildman–Crippen MR) is 80.1 cm³/mol. The summed E-state index contributed by atoms with van der Waals surface area (Å²) in [6.45, 7) is 4.46. The van der Waals surface area contributed by atoms with Crippen LogP contribution in [0.4, 0.5) is 0 Å². The van der Waals surface area contributed by atoms with Crippen molar-refractivity contribution >= 4 is 15.9 Å². The summed E-state index contributed by atoms with van der Waals surface area (Å²) in [6.07, 6.45) is 3.65. The largest absolute Gasteiger partial charge is 0.489 e. The van der Waals surface area contributed by atoms with Crippen molar-refractivity contribution in [2.75, 3.05) is 0 Å². The summed E-state index contributed by atoms with van der Waals surface area (Å²) in [5, 5.41) is 0. The quantitative estimate of drug-likeness (QED) is 0.933. The van der Waals surface area contributed by atoms with Gasteiger partial charge in [-0.2, -0.15) is 0 Å². The minimum atomic E-state index is -0.0665. The number of ether oxygens (including phenoxy) is 1. The number of hydrogen-bond donors (Lipinski definition) is 1. The predicted octanol–water partition coefficient (Wildman–Crippen LogP) is 3.75. The third-order valence-electron chi connectivity index (χ3n) is 2.79. The van der Waals surface area contributed by atoms with Crippen LogP contribution >= 0.6 is 15.9 Å². The number of halogens is 1. The van der Waals surface area contributed by atoms with Crippen LogP contribution in [0.15, 0.2) is 41.1 Å². The van der Waals surface area contributed by atoms with E-state index in [1.807, 2.05) is 44.4 Å². The summed E-state index contributed by atoms with van der Waals surface area (Å²) in [5.41, 5.74) is 9.14. The Hall–Kier alpha value is -1.39. The first-order chi connectivity index (χ1) is 9.06. The van der Waals surface area contributed by atoms with E-state index < -0.39 is 0 Å². The van der Waals surface area contributed by atoms with Gasteiger partial charge in [-0.25, -0.2) is 0 Å². The molecule has 0 aliphatic heterocycles. The van der Waals surface area contributed by atoms with Crippen molar-refractivity contribution in [1.82, 2.24) is 4.98 Å². The number of rotatable bonds is 4. The van der Waals surface area contributed by atoms with Gasteiger partial charge in [0, 0.05) is 34.0 Å². The number of aryl methyl sites for hydroxylation is 1. The lowest BCUT2D eigenvalue weighted by atomic mass is 10.1. The molecular formula is C15H17BrN2O. The Labute approximate surface area is 121 Å². The smallest absolute Gasteiger partial charge is 0.124 e. The van der Waals surface area contributed by atoms with Gasteiger partial charge in [0.1, 0.15) is 12.4 Å². The van der Waals surface area contributed by atoms with E-state index in [-0.39, 0.29) is 6.04 Å². The van der Waals surface area contributed by atoms with Gasteiger partial charge in [0.05, 0.1) is 0 Å². The first-order valence-electron chi connectivity index (χ1n) is 6.14. The molecule has 2 rings (SSSR count). The molecule has 0 fully saturated rings. The Kier molecular flexibility index (Phi) is 4.56. The highest BCUT2D eigenvalue weighted by molar-refractivity contribution is 9.10. The molecule has 19 heavy (non-hydrogen) atoms. The summed E-state index contributed by atoms with van der Waals surface area (Å²) in [5.74, 6) is 0.819. The molecule has 1 atom stereocenters. The number of aromatic nitrogens is 1. The van der Waals surface area contributed by atoms with E-state index in [0.717, 1.165) is 26.9 Å². The Morgan fingerprint density at radius 1 is 1.32 bits per heavy atom. The van der Waals surface area contributed by atoms with E-state index in [0.29, 0.717) is 6.61 Å². The molecular weight excluding hydrogens is 304 g/mol. The fraction of sp³-hybridized carbons (Fsp3) is 0.267. The van der Waals surface area contributed by atoms with E-state index in [4.69, 9.17) is 10.5 Å². The van der Waals surface area contributed by atoms with E-state index in [1.165, 1.54) is 0 Å². The zero-order chi connectivity index (χ0) is 13.8. The monoisotopic (exact) mass is 320 g/mol. The molecule has 0 unspecified atom stereocenters. The molecule has 1 aromatic carbocycles. The maximum absolute atomic E-state index is 5.96. The van der Waals surface area contributed by atoms with Crippen molar-refractivity contribution in [2.45, 2.75) is 26.5 Å². The normalized spacial score (nSPS) is 12.2. The zero-order valence-corrected chi connectivity index (χ0v) is 12.6. The highest BCUT2D eigenvalue weighted by Gasteiger charge is 2.09.